The molecule has 0 saturated heterocycles. The van der Waals surface area contributed by atoms with Gasteiger partial charge in [-0.3, -0.25) is 0 Å². The van der Waals surface area contributed by atoms with Crippen LogP contribution in [-0.2, 0) is 0 Å². The van der Waals surface area contributed by atoms with Crippen molar-refractivity contribution in [2.45, 2.75) is 32.7 Å². The molecule has 0 bridgehead atoms. The molecule has 3 nitrogen and oxygen atoms in total. The SMILES string of the molecule is CCC1CC1n1c(N)nc2cc(C)ccc21. The average Bonchev–Trinajstić information content (AvgIpc) is 2.94. The van der Waals surface area contributed by atoms with Gasteiger partial charge >= 0.3 is 0 Å². The van der Waals surface area contributed by atoms with Gasteiger partial charge in [-0.25, -0.2) is 4.98 Å². The molecule has 2 unspecified atom stereocenters. The van der Waals surface area contributed by atoms with Crippen molar-refractivity contribution in [3.05, 3.63) is 23.8 Å². The summed E-state index contributed by atoms with van der Waals surface area (Å²) in [4.78, 5) is 4.44. The van der Waals surface area contributed by atoms with Gasteiger partial charge in [0.15, 0.2) is 0 Å². The third-order valence-corrected chi connectivity index (χ3v) is 3.61. The summed E-state index contributed by atoms with van der Waals surface area (Å²) in [7, 11) is 0. The maximum absolute atomic E-state index is 6.01. The van der Waals surface area contributed by atoms with Crippen molar-refractivity contribution in [1.82, 2.24) is 9.55 Å². The van der Waals surface area contributed by atoms with Gasteiger partial charge in [-0.1, -0.05) is 19.4 Å². The molecule has 0 amide bonds. The largest absolute Gasteiger partial charge is 0.369 e. The van der Waals surface area contributed by atoms with E-state index in [1.165, 1.54) is 23.9 Å². The second kappa shape index (κ2) is 3.24. The van der Waals surface area contributed by atoms with Crippen LogP contribution in [0.25, 0.3) is 11.0 Å². The van der Waals surface area contributed by atoms with E-state index in [0.717, 1.165) is 11.4 Å². The van der Waals surface area contributed by atoms with E-state index in [0.29, 0.717) is 12.0 Å². The van der Waals surface area contributed by atoms with Crippen LogP contribution in [0.2, 0.25) is 0 Å². The quantitative estimate of drug-likeness (QED) is 0.837. The van der Waals surface area contributed by atoms with E-state index in [1.54, 1.807) is 0 Å². The lowest BCUT2D eigenvalue weighted by Gasteiger charge is -2.05. The average molecular weight is 215 g/mol. The Balaban J connectivity index is 2.13. The highest BCUT2D eigenvalue weighted by Gasteiger charge is 2.38. The van der Waals surface area contributed by atoms with Crippen LogP contribution in [0.1, 0.15) is 31.4 Å². The topological polar surface area (TPSA) is 43.8 Å². The number of imidazole rings is 1. The van der Waals surface area contributed by atoms with Crippen LogP contribution < -0.4 is 5.73 Å². The van der Waals surface area contributed by atoms with E-state index < -0.39 is 0 Å². The lowest BCUT2D eigenvalue weighted by atomic mass is 10.2. The van der Waals surface area contributed by atoms with Crippen LogP contribution in [-0.4, -0.2) is 9.55 Å². The van der Waals surface area contributed by atoms with Crippen LogP contribution in [0.3, 0.4) is 0 Å². The van der Waals surface area contributed by atoms with Gasteiger partial charge in [0.1, 0.15) is 0 Å². The highest BCUT2D eigenvalue weighted by atomic mass is 15.2. The Morgan fingerprint density at radius 3 is 3.00 bits per heavy atom. The van der Waals surface area contributed by atoms with Gasteiger partial charge in [-0.05, 0) is 37.0 Å². The Bertz CT molecular complexity index is 541. The Kier molecular flexibility index (Phi) is 1.96. The number of nitrogens with two attached hydrogens (primary N) is 1. The minimum atomic E-state index is 0.581. The van der Waals surface area contributed by atoms with E-state index in [-0.39, 0.29) is 0 Å². The summed E-state index contributed by atoms with van der Waals surface area (Å²) in [6, 6.07) is 6.95. The molecule has 1 aromatic carbocycles. The fourth-order valence-electron chi connectivity index (χ4n) is 2.56. The van der Waals surface area contributed by atoms with Gasteiger partial charge in [0.25, 0.3) is 0 Å². The number of hydrogen-bond acceptors (Lipinski definition) is 2. The van der Waals surface area contributed by atoms with Crippen LogP contribution in [0.4, 0.5) is 5.95 Å². The van der Waals surface area contributed by atoms with Crippen molar-refractivity contribution in [1.29, 1.82) is 0 Å². The van der Waals surface area contributed by atoms with Crippen molar-refractivity contribution >= 4 is 17.0 Å². The molecule has 1 heterocycles. The van der Waals surface area contributed by atoms with E-state index in [1.807, 2.05) is 0 Å². The molecule has 16 heavy (non-hydrogen) atoms. The van der Waals surface area contributed by atoms with Crippen LogP contribution in [0.15, 0.2) is 18.2 Å². The smallest absolute Gasteiger partial charge is 0.201 e. The lowest BCUT2D eigenvalue weighted by Crippen LogP contribution is -2.02. The number of aryl methyl sites for hydroxylation is 1. The maximum Gasteiger partial charge on any atom is 0.201 e. The molecule has 0 spiro atoms. The number of aromatic nitrogens is 2. The molecule has 3 rings (SSSR count). The Hall–Kier alpha value is -1.51. The van der Waals surface area contributed by atoms with Crippen molar-refractivity contribution in [3.8, 4) is 0 Å². The Morgan fingerprint density at radius 2 is 2.31 bits per heavy atom. The zero-order valence-electron chi connectivity index (χ0n) is 9.77. The second-order valence-electron chi connectivity index (χ2n) is 4.80. The van der Waals surface area contributed by atoms with E-state index in [9.17, 15) is 0 Å². The maximum atomic E-state index is 6.01. The number of nitrogen functional groups attached to an aromatic ring is 1. The van der Waals surface area contributed by atoms with E-state index in [4.69, 9.17) is 5.73 Å². The van der Waals surface area contributed by atoms with Crippen LogP contribution >= 0.6 is 0 Å². The molecule has 0 aliphatic heterocycles. The summed E-state index contributed by atoms with van der Waals surface area (Å²) in [5, 5.41) is 0. The van der Waals surface area contributed by atoms with Crippen molar-refractivity contribution in [3.63, 3.8) is 0 Å². The van der Waals surface area contributed by atoms with Gasteiger partial charge in [0, 0.05) is 6.04 Å². The van der Waals surface area contributed by atoms with Gasteiger partial charge in [0.2, 0.25) is 5.95 Å². The molecule has 0 radical (unpaired) electrons. The number of anilines is 1. The highest BCUT2D eigenvalue weighted by Crippen LogP contribution is 2.48. The van der Waals surface area contributed by atoms with Crippen molar-refractivity contribution in [2.24, 2.45) is 5.92 Å². The third-order valence-electron chi connectivity index (χ3n) is 3.61. The summed E-state index contributed by atoms with van der Waals surface area (Å²) < 4.78 is 2.21. The second-order valence-corrected chi connectivity index (χ2v) is 4.80. The highest BCUT2D eigenvalue weighted by molar-refractivity contribution is 5.79. The normalized spacial score (nSPS) is 23.9. The molecular weight excluding hydrogens is 198 g/mol. The lowest BCUT2D eigenvalue weighted by molar-refractivity contribution is 0.661. The molecule has 1 saturated carbocycles. The van der Waals surface area contributed by atoms with Gasteiger partial charge in [-0.15, -0.1) is 0 Å². The molecule has 3 heteroatoms. The molecule has 1 fully saturated rings. The number of hydrogen-bond donors (Lipinski definition) is 1. The standard InChI is InChI=1S/C13H17N3/c1-3-9-7-12(9)16-11-5-4-8(2)6-10(11)15-13(16)14/h4-6,9,12H,3,7H2,1-2H3,(H2,14,15). The Labute approximate surface area is 95.3 Å². The first-order valence-corrected chi connectivity index (χ1v) is 5.94. The summed E-state index contributed by atoms with van der Waals surface area (Å²) in [6.07, 6.45) is 2.48. The third kappa shape index (κ3) is 1.31. The van der Waals surface area contributed by atoms with Crippen molar-refractivity contribution in [2.75, 3.05) is 5.73 Å². The van der Waals surface area contributed by atoms with Gasteiger partial charge in [-0.2, -0.15) is 0 Å². The predicted octanol–water partition coefficient (Wildman–Crippen LogP) is 2.90. The van der Waals surface area contributed by atoms with Gasteiger partial charge < -0.3 is 10.3 Å². The minimum absolute atomic E-state index is 0.581. The van der Waals surface area contributed by atoms with E-state index in [2.05, 4.69) is 41.6 Å². The first-order valence-electron chi connectivity index (χ1n) is 5.94. The number of benzene rings is 1. The molecule has 1 aliphatic carbocycles. The number of nitrogens with zero attached hydrogens (tertiary/aromatic N) is 2. The molecule has 2 aromatic rings. The molecule has 1 aromatic heterocycles. The summed E-state index contributed by atoms with van der Waals surface area (Å²) in [5.74, 6) is 1.46. The minimum Gasteiger partial charge on any atom is -0.369 e. The van der Waals surface area contributed by atoms with Crippen LogP contribution in [0, 0.1) is 12.8 Å². The molecule has 84 valence electrons. The predicted molar refractivity (Wildman–Crippen MR) is 66.3 cm³/mol. The van der Waals surface area contributed by atoms with E-state index >= 15 is 0 Å². The Morgan fingerprint density at radius 1 is 1.50 bits per heavy atom. The van der Waals surface area contributed by atoms with Gasteiger partial charge in [0.05, 0.1) is 11.0 Å². The number of fused-ring (bicyclic) bond motifs is 1. The molecule has 2 N–H and O–H groups in total. The molecular formula is C13H17N3. The van der Waals surface area contributed by atoms with Crippen molar-refractivity contribution < 1.29 is 0 Å². The first kappa shape index (κ1) is 9.70. The van der Waals surface area contributed by atoms with Crippen LogP contribution in [0.5, 0.6) is 0 Å². The monoisotopic (exact) mass is 215 g/mol. The zero-order valence-corrected chi connectivity index (χ0v) is 9.77. The summed E-state index contributed by atoms with van der Waals surface area (Å²) in [5.41, 5.74) is 9.46. The summed E-state index contributed by atoms with van der Waals surface area (Å²) in [6.45, 7) is 4.32. The molecule has 1 aliphatic rings. The fourth-order valence-corrected chi connectivity index (χ4v) is 2.56. The first-order chi connectivity index (χ1) is 7.70. The fraction of sp³-hybridized carbons (Fsp3) is 0.462. The zero-order chi connectivity index (χ0) is 11.3. The summed E-state index contributed by atoms with van der Waals surface area (Å²) >= 11 is 0. The number of rotatable bonds is 2. The molecule has 2 atom stereocenters.